The minimum absolute atomic E-state index is 0.111. The van der Waals surface area contributed by atoms with Crippen LogP contribution in [0, 0.1) is 13.8 Å². The summed E-state index contributed by atoms with van der Waals surface area (Å²) in [4.78, 5) is 12.3. The maximum Gasteiger partial charge on any atom is 0.255 e. The summed E-state index contributed by atoms with van der Waals surface area (Å²) in [5.74, 6) is 0.672. The first-order valence-electron chi connectivity index (χ1n) is 7.16. The van der Waals surface area contributed by atoms with Gasteiger partial charge in [-0.2, -0.15) is 0 Å². The molecule has 2 aromatic carbocycles. The van der Waals surface area contributed by atoms with E-state index in [4.69, 9.17) is 4.42 Å². The van der Waals surface area contributed by atoms with Crippen molar-refractivity contribution < 1.29 is 9.21 Å². The molecule has 0 aliphatic carbocycles. The Bertz CT molecular complexity index is 787. The fraction of sp³-hybridized carbons (Fsp3) is 0.105. The number of amides is 1. The molecule has 1 N–H and O–H groups in total. The Morgan fingerprint density at radius 2 is 1.77 bits per heavy atom. The van der Waals surface area contributed by atoms with Crippen LogP contribution in [0.3, 0.4) is 0 Å². The molecule has 3 aromatic rings. The van der Waals surface area contributed by atoms with Crippen molar-refractivity contribution in [2.45, 2.75) is 13.8 Å². The average molecular weight is 291 g/mol. The lowest BCUT2D eigenvalue weighted by Crippen LogP contribution is -2.12. The van der Waals surface area contributed by atoms with E-state index in [0.29, 0.717) is 5.56 Å². The van der Waals surface area contributed by atoms with Crippen molar-refractivity contribution >= 4 is 11.6 Å². The maximum atomic E-state index is 12.3. The molecule has 0 bridgehead atoms. The van der Waals surface area contributed by atoms with Crippen LogP contribution in [-0.2, 0) is 0 Å². The van der Waals surface area contributed by atoms with Gasteiger partial charge in [-0.05, 0) is 49.7 Å². The highest BCUT2D eigenvalue weighted by Crippen LogP contribution is 2.26. The van der Waals surface area contributed by atoms with Crippen LogP contribution in [0.1, 0.15) is 21.5 Å². The third-order valence-corrected chi connectivity index (χ3v) is 3.61. The maximum absolute atomic E-state index is 12.3. The van der Waals surface area contributed by atoms with E-state index in [1.165, 1.54) is 0 Å². The van der Waals surface area contributed by atoms with E-state index in [9.17, 15) is 4.79 Å². The lowest BCUT2D eigenvalue weighted by Gasteiger charge is -2.10. The lowest BCUT2D eigenvalue weighted by molar-refractivity contribution is 0.102. The summed E-state index contributed by atoms with van der Waals surface area (Å²) in [7, 11) is 0. The van der Waals surface area contributed by atoms with Crippen molar-refractivity contribution in [1.82, 2.24) is 0 Å². The van der Waals surface area contributed by atoms with Crippen molar-refractivity contribution in [2.75, 3.05) is 5.32 Å². The van der Waals surface area contributed by atoms with Crippen LogP contribution < -0.4 is 5.32 Å². The smallest absolute Gasteiger partial charge is 0.255 e. The highest BCUT2D eigenvalue weighted by atomic mass is 16.3. The van der Waals surface area contributed by atoms with Crippen molar-refractivity contribution in [2.24, 2.45) is 0 Å². The Morgan fingerprint density at radius 1 is 1.00 bits per heavy atom. The predicted molar refractivity (Wildman–Crippen MR) is 88.0 cm³/mol. The number of aryl methyl sites for hydroxylation is 2. The number of hydrogen-bond acceptors (Lipinski definition) is 2. The Balaban J connectivity index is 1.87. The molecule has 0 fully saturated rings. The average Bonchev–Trinajstić information content (AvgIpc) is 3.04. The predicted octanol–water partition coefficient (Wildman–Crippen LogP) is 4.82. The van der Waals surface area contributed by atoms with E-state index >= 15 is 0 Å². The molecule has 0 saturated carbocycles. The number of nitrogens with one attached hydrogen (secondary N) is 1. The third kappa shape index (κ3) is 2.93. The Kier molecular flexibility index (Phi) is 3.79. The van der Waals surface area contributed by atoms with E-state index in [2.05, 4.69) is 5.32 Å². The number of hydrogen-bond donors (Lipinski definition) is 1. The zero-order valence-electron chi connectivity index (χ0n) is 12.6. The van der Waals surface area contributed by atoms with Gasteiger partial charge in [-0.1, -0.05) is 29.8 Å². The SMILES string of the molecule is Cc1ccc(C(=O)Nc2cc(-c3ccco3)ccc2C)cc1. The van der Waals surface area contributed by atoms with Crippen molar-refractivity contribution in [3.05, 3.63) is 77.6 Å². The summed E-state index contributed by atoms with van der Waals surface area (Å²) >= 11 is 0. The van der Waals surface area contributed by atoms with Gasteiger partial charge in [0.15, 0.2) is 0 Å². The van der Waals surface area contributed by atoms with E-state index in [1.54, 1.807) is 6.26 Å². The van der Waals surface area contributed by atoms with Gasteiger partial charge in [0.05, 0.1) is 6.26 Å². The van der Waals surface area contributed by atoms with Crippen LogP contribution in [0.4, 0.5) is 5.69 Å². The molecule has 3 heteroatoms. The molecule has 0 aliphatic heterocycles. The minimum Gasteiger partial charge on any atom is -0.464 e. The fourth-order valence-electron chi connectivity index (χ4n) is 2.25. The van der Waals surface area contributed by atoms with Gasteiger partial charge in [-0.15, -0.1) is 0 Å². The van der Waals surface area contributed by atoms with E-state index in [-0.39, 0.29) is 5.91 Å². The topological polar surface area (TPSA) is 42.2 Å². The monoisotopic (exact) mass is 291 g/mol. The molecule has 1 amide bonds. The van der Waals surface area contributed by atoms with E-state index in [1.807, 2.05) is 68.4 Å². The number of benzene rings is 2. The second-order valence-corrected chi connectivity index (χ2v) is 5.33. The first-order valence-corrected chi connectivity index (χ1v) is 7.16. The van der Waals surface area contributed by atoms with Crippen molar-refractivity contribution in [3.63, 3.8) is 0 Å². The number of carbonyl (C=O) groups is 1. The van der Waals surface area contributed by atoms with Gasteiger partial charge in [0, 0.05) is 16.8 Å². The van der Waals surface area contributed by atoms with Gasteiger partial charge in [0.1, 0.15) is 5.76 Å². The van der Waals surface area contributed by atoms with Crippen molar-refractivity contribution in [1.29, 1.82) is 0 Å². The summed E-state index contributed by atoms with van der Waals surface area (Å²) in [6, 6.07) is 17.2. The Hall–Kier alpha value is -2.81. The molecule has 3 rings (SSSR count). The quantitative estimate of drug-likeness (QED) is 0.752. The second-order valence-electron chi connectivity index (χ2n) is 5.33. The molecule has 0 atom stereocenters. The summed E-state index contributed by atoms with van der Waals surface area (Å²) in [6.07, 6.45) is 1.64. The minimum atomic E-state index is -0.111. The molecule has 0 radical (unpaired) electrons. The number of carbonyl (C=O) groups excluding carboxylic acids is 1. The second kappa shape index (κ2) is 5.90. The van der Waals surface area contributed by atoms with Gasteiger partial charge in [0.2, 0.25) is 0 Å². The number of anilines is 1. The van der Waals surface area contributed by atoms with E-state index in [0.717, 1.165) is 28.1 Å². The standard InChI is InChI=1S/C19H17NO2/c1-13-5-8-15(9-6-13)19(21)20-17-12-16(10-7-14(17)2)18-4-3-11-22-18/h3-12H,1-2H3,(H,20,21). The largest absolute Gasteiger partial charge is 0.464 e. The molecular weight excluding hydrogens is 274 g/mol. The summed E-state index contributed by atoms with van der Waals surface area (Å²) in [5, 5.41) is 2.97. The van der Waals surface area contributed by atoms with E-state index < -0.39 is 0 Å². The first-order chi connectivity index (χ1) is 10.6. The van der Waals surface area contributed by atoms with Crippen molar-refractivity contribution in [3.8, 4) is 11.3 Å². The molecule has 22 heavy (non-hydrogen) atoms. The molecule has 1 aromatic heterocycles. The number of rotatable bonds is 3. The highest BCUT2D eigenvalue weighted by molar-refractivity contribution is 6.04. The van der Waals surface area contributed by atoms with Gasteiger partial charge < -0.3 is 9.73 Å². The molecule has 0 spiro atoms. The highest BCUT2D eigenvalue weighted by Gasteiger charge is 2.09. The molecule has 1 heterocycles. The first kappa shape index (κ1) is 14.1. The molecular formula is C19H17NO2. The zero-order valence-corrected chi connectivity index (χ0v) is 12.6. The molecule has 3 nitrogen and oxygen atoms in total. The summed E-state index contributed by atoms with van der Waals surface area (Å²) in [5.41, 5.74) is 4.52. The molecule has 0 saturated heterocycles. The normalized spacial score (nSPS) is 10.5. The van der Waals surface area contributed by atoms with Crippen LogP contribution in [0.5, 0.6) is 0 Å². The van der Waals surface area contributed by atoms with Gasteiger partial charge in [-0.3, -0.25) is 4.79 Å². The van der Waals surface area contributed by atoms with Gasteiger partial charge in [-0.25, -0.2) is 0 Å². The third-order valence-electron chi connectivity index (χ3n) is 3.61. The Labute approximate surface area is 129 Å². The van der Waals surface area contributed by atoms with Crippen LogP contribution in [-0.4, -0.2) is 5.91 Å². The van der Waals surface area contributed by atoms with Crippen LogP contribution in [0.2, 0.25) is 0 Å². The van der Waals surface area contributed by atoms with Crippen LogP contribution in [0.25, 0.3) is 11.3 Å². The molecule has 110 valence electrons. The van der Waals surface area contributed by atoms with Gasteiger partial charge in [0.25, 0.3) is 5.91 Å². The summed E-state index contributed by atoms with van der Waals surface area (Å²) in [6.45, 7) is 3.97. The fourth-order valence-corrected chi connectivity index (χ4v) is 2.25. The van der Waals surface area contributed by atoms with Crippen LogP contribution >= 0.6 is 0 Å². The summed E-state index contributed by atoms with van der Waals surface area (Å²) < 4.78 is 5.40. The zero-order chi connectivity index (χ0) is 15.5. The molecule has 0 unspecified atom stereocenters. The lowest BCUT2D eigenvalue weighted by atomic mass is 10.1. The molecule has 0 aliphatic rings. The van der Waals surface area contributed by atoms with Crippen LogP contribution in [0.15, 0.2) is 65.3 Å². The Morgan fingerprint density at radius 3 is 2.45 bits per heavy atom. The number of furan rings is 1. The van der Waals surface area contributed by atoms with Gasteiger partial charge >= 0.3 is 0 Å².